The molecule has 4 aromatic carbocycles. The van der Waals surface area contributed by atoms with Gasteiger partial charge in [-0.15, -0.1) is 10.2 Å². The summed E-state index contributed by atoms with van der Waals surface area (Å²) < 4.78 is 2.06. The van der Waals surface area contributed by atoms with E-state index < -0.39 is 0 Å². The predicted molar refractivity (Wildman–Crippen MR) is 176 cm³/mol. The molecule has 220 valence electrons. The third-order valence-corrected chi connectivity index (χ3v) is 7.84. The maximum absolute atomic E-state index is 12.7. The molecular formula is C35H31N5O3S. The van der Waals surface area contributed by atoms with Gasteiger partial charge in [0, 0.05) is 46.4 Å². The molecule has 0 aliphatic heterocycles. The Bertz CT molecular complexity index is 1780. The minimum Gasteiger partial charge on any atom is -0.323 e. The van der Waals surface area contributed by atoms with Gasteiger partial charge in [-0.3, -0.25) is 14.4 Å². The first-order valence-corrected chi connectivity index (χ1v) is 15.1. The average Bonchev–Trinajstić information content (AvgIpc) is 3.47. The standard InChI is InChI=1S/C35H31N5O3S/c1-3-40-33(28-16-20-30(21-17-28)36-32(42)22-11-25-7-5-4-6-8-25)38-39-35(40)44-23-26-9-12-29(13-10-26)34(43)37-31-18-14-27(15-19-31)24(2)41/h4-22H,3,23H2,1-2H3,(H,36,42)(H,37,43)/b22-11+. The lowest BCUT2D eigenvalue weighted by atomic mass is 10.1. The van der Waals surface area contributed by atoms with Crippen LogP contribution in [0.2, 0.25) is 0 Å². The number of hydrogen-bond donors (Lipinski definition) is 2. The number of nitrogens with zero attached hydrogens (tertiary/aromatic N) is 3. The van der Waals surface area contributed by atoms with Crippen LogP contribution in [0.3, 0.4) is 0 Å². The number of aromatic nitrogens is 3. The number of hydrogen-bond acceptors (Lipinski definition) is 6. The first kappa shape index (κ1) is 30.2. The van der Waals surface area contributed by atoms with Crippen molar-refractivity contribution in [1.29, 1.82) is 0 Å². The molecule has 8 nitrogen and oxygen atoms in total. The van der Waals surface area contributed by atoms with Crippen molar-refractivity contribution in [1.82, 2.24) is 14.8 Å². The third kappa shape index (κ3) is 7.76. The Morgan fingerprint density at radius 3 is 2.07 bits per heavy atom. The number of carbonyl (C=O) groups excluding carboxylic acids is 3. The molecule has 2 amide bonds. The first-order chi connectivity index (χ1) is 21.4. The quantitative estimate of drug-likeness (QED) is 0.0931. The van der Waals surface area contributed by atoms with Gasteiger partial charge in [-0.05, 0) is 91.7 Å². The highest BCUT2D eigenvalue weighted by molar-refractivity contribution is 7.98. The second kappa shape index (κ2) is 14.3. The third-order valence-electron chi connectivity index (χ3n) is 6.80. The van der Waals surface area contributed by atoms with Gasteiger partial charge in [-0.25, -0.2) is 0 Å². The Kier molecular flexibility index (Phi) is 9.78. The number of Topliss-reactive ketones (excluding diaryl/α,β-unsaturated/α-hetero) is 1. The molecule has 1 heterocycles. The molecule has 44 heavy (non-hydrogen) atoms. The zero-order chi connectivity index (χ0) is 30.9. The number of anilines is 2. The van der Waals surface area contributed by atoms with E-state index in [0.717, 1.165) is 27.7 Å². The van der Waals surface area contributed by atoms with Crippen LogP contribution in [0.15, 0.2) is 114 Å². The number of amides is 2. The molecule has 0 fully saturated rings. The molecule has 5 rings (SSSR count). The number of ketones is 1. The van der Waals surface area contributed by atoms with Crippen LogP contribution in [0.5, 0.6) is 0 Å². The fourth-order valence-electron chi connectivity index (χ4n) is 4.41. The van der Waals surface area contributed by atoms with E-state index in [2.05, 4.69) is 25.4 Å². The summed E-state index contributed by atoms with van der Waals surface area (Å²) in [4.78, 5) is 36.5. The van der Waals surface area contributed by atoms with Crippen molar-refractivity contribution in [2.45, 2.75) is 31.3 Å². The van der Waals surface area contributed by atoms with Gasteiger partial charge in [0.1, 0.15) is 0 Å². The van der Waals surface area contributed by atoms with E-state index in [-0.39, 0.29) is 17.6 Å². The van der Waals surface area contributed by atoms with Crippen molar-refractivity contribution >= 4 is 46.8 Å². The molecule has 0 aliphatic carbocycles. The Morgan fingerprint density at radius 1 is 0.773 bits per heavy atom. The van der Waals surface area contributed by atoms with Crippen molar-refractivity contribution in [2.75, 3.05) is 10.6 Å². The van der Waals surface area contributed by atoms with Crippen LogP contribution >= 0.6 is 11.8 Å². The second-order valence-corrected chi connectivity index (χ2v) is 10.9. The van der Waals surface area contributed by atoms with Gasteiger partial charge in [0.15, 0.2) is 16.8 Å². The molecule has 5 aromatic rings. The highest BCUT2D eigenvalue weighted by Gasteiger charge is 2.14. The summed E-state index contributed by atoms with van der Waals surface area (Å²) in [5, 5.41) is 15.4. The van der Waals surface area contributed by atoms with Crippen LogP contribution in [0, 0.1) is 0 Å². The van der Waals surface area contributed by atoms with Gasteiger partial charge in [-0.2, -0.15) is 0 Å². The highest BCUT2D eigenvalue weighted by atomic mass is 32.2. The molecule has 0 spiro atoms. The maximum atomic E-state index is 12.7. The molecule has 9 heteroatoms. The zero-order valence-electron chi connectivity index (χ0n) is 24.4. The van der Waals surface area contributed by atoms with Crippen LogP contribution in [-0.4, -0.2) is 32.4 Å². The summed E-state index contributed by atoms with van der Waals surface area (Å²) >= 11 is 1.57. The van der Waals surface area contributed by atoms with Crippen molar-refractivity contribution in [3.8, 4) is 11.4 Å². The van der Waals surface area contributed by atoms with Crippen molar-refractivity contribution < 1.29 is 14.4 Å². The van der Waals surface area contributed by atoms with Crippen LogP contribution in [-0.2, 0) is 17.1 Å². The highest BCUT2D eigenvalue weighted by Crippen LogP contribution is 2.27. The zero-order valence-corrected chi connectivity index (χ0v) is 25.2. The second-order valence-electron chi connectivity index (χ2n) is 9.93. The lowest BCUT2D eigenvalue weighted by Crippen LogP contribution is -2.11. The summed E-state index contributed by atoms with van der Waals surface area (Å²) in [7, 11) is 0. The summed E-state index contributed by atoms with van der Waals surface area (Å²) in [5.74, 6) is 0.971. The van der Waals surface area contributed by atoms with Gasteiger partial charge in [0.2, 0.25) is 5.91 Å². The van der Waals surface area contributed by atoms with Crippen LogP contribution in [0.25, 0.3) is 17.5 Å². The molecule has 0 aliphatic rings. The van der Waals surface area contributed by atoms with E-state index in [4.69, 9.17) is 0 Å². The summed E-state index contributed by atoms with van der Waals surface area (Å²) in [6.07, 6.45) is 3.29. The fourth-order valence-corrected chi connectivity index (χ4v) is 5.37. The molecule has 0 radical (unpaired) electrons. The molecule has 1 aromatic heterocycles. The van der Waals surface area contributed by atoms with E-state index in [1.54, 1.807) is 54.2 Å². The lowest BCUT2D eigenvalue weighted by Gasteiger charge is -2.09. The van der Waals surface area contributed by atoms with Crippen LogP contribution in [0.4, 0.5) is 11.4 Å². The predicted octanol–water partition coefficient (Wildman–Crippen LogP) is 7.36. The van der Waals surface area contributed by atoms with Gasteiger partial charge in [0.25, 0.3) is 5.91 Å². The first-order valence-electron chi connectivity index (χ1n) is 14.1. The number of thioether (sulfide) groups is 1. The lowest BCUT2D eigenvalue weighted by molar-refractivity contribution is -0.111. The van der Waals surface area contributed by atoms with Gasteiger partial charge >= 0.3 is 0 Å². The molecule has 0 unspecified atom stereocenters. The van der Waals surface area contributed by atoms with Crippen molar-refractivity contribution in [3.05, 3.63) is 131 Å². The maximum Gasteiger partial charge on any atom is 0.255 e. The molecule has 2 N–H and O–H groups in total. The molecule has 0 atom stereocenters. The van der Waals surface area contributed by atoms with E-state index in [9.17, 15) is 14.4 Å². The van der Waals surface area contributed by atoms with Gasteiger partial charge in [-0.1, -0.05) is 54.2 Å². The monoisotopic (exact) mass is 601 g/mol. The molecule has 0 saturated carbocycles. The Balaban J connectivity index is 1.17. The summed E-state index contributed by atoms with van der Waals surface area (Å²) in [6.45, 7) is 4.25. The number of carbonyl (C=O) groups is 3. The van der Waals surface area contributed by atoms with Gasteiger partial charge in [0.05, 0.1) is 0 Å². The Morgan fingerprint density at radius 2 is 1.41 bits per heavy atom. The number of benzene rings is 4. The summed E-state index contributed by atoms with van der Waals surface area (Å²) in [6, 6.07) is 31.5. The van der Waals surface area contributed by atoms with E-state index in [0.29, 0.717) is 34.8 Å². The Labute approximate surface area is 260 Å². The molecule has 0 bridgehead atoms. The van der Waals surface area contributed by atoms with Gasteiger partial charge < -0.3 is 15.2 Å². The SMILES string of the molecule is CCn1c(SCc2ccc(C(=O)Nc3ccc(C(C)=O)cc3)cc2)nnc1-c1ccc(NC(=O)/C=C/c2ccccc2)cc1. The average molecular weight is 602 g/mol. The van der Waals surface area contributed by atoms with Crippen molar-refractivity contribution in [3.63, 3.8) is 0 Å². The summed E-state index contributed by atoms with van der Waals surface area (Å²) in [5.41, 5.74) is 5.37. The number of nitrogens with one attached hydrogen (secondary N) is 2. The fraction of sp³-hybridized carbons (Fsp3) is 0.114. The normalized spacial score (nSPS) is 11.0. The van der Waals surface area contributed by atoms with E-state index in [1.807, 2.05) is 73.7 Å². The largest absolute Gasteiger partial charge is 0.323 e. The Hall–Kier alpha value is -5.28. The minimum absolute atomic E-state index is 0.0195. The van der Waals surface area contributed by atoms with Crippen molar-refractivity contribution in [2.24, 2.45) is 0 Å². The van der Waals surface area contributed by atoms with E-state index in [1.165, 1.54) is 13.0 Å². The molecule has 0 saturated heterocycles. The number of rotatable bonds is 11. The minimum atomic E-state index is -0.218. The van der Waals surface area contributed by atoms with Crippen LogP contribution in [0.1, 0.15) is 45.7 Å². The molecular weight excluding hydrogens is 570 g/mol. The van der Waals surface area contributed by atoms with E-state index >= 15 is 0 Å². The van der Waals surface area contributed by atoms with Crippen LogP contribution < -0.4 is 10.6 Å². The topological polar surface area (TPSA) is 106 Å². The smallest absolute Gasteiger partial charge is 0.255 e.